The van der Waals surface area contributed by atoms with Crippen LogP contribution in [0.4, 0.5) is 15.4 Å². The SMILES string of the molecule is CC(C)(C)OC(=O)NC1CCN(c2ccc3c(n2)CCN(C(=O)OC(C)(C)C)CC3)C1. The van der Waals surface area contributed by atoms with E-state index in [9.17, 15) is 9.59 Å². The van der Waals surface area contributed by atoms with Crippen LogP contribution in [0.25, 0.3) is 0 Å². The number of alkyl carbamates (subject to hydrolysis) is 1. The Kier molecular flexibility index (Phi) is 6.67. The lowest BCUT2D eigenvalue weighted by Crippen LogP contribution is -2.40. The van der Waals surface area contributed by atoms with Crippen molar-refractivity contribution in [1.29, 1.82) is 0 Å². The van der Waals surface area contributed by atoms with Gasteiger partial charge in [0.15, 0.2) is 0 Å². The number of carbonyl (C=O) groups is 2. The summed E-state index contributed by atoms with van der Waals surface area (Å²) in [6.07, 6.45) is 1.68. The predicted molar refractivity (Wildman–Crippen MR) is 119 cm³/mol. The fourth-order valence-corrected chi connectivity index (χ4v) is 3.82. The van der Waals surface area contributed by atoms with Crippen LogP contribution >= 0.6 is 0 Å². The summed E-state index contributed by atoms with van der Waals surface area (Å²) < 4.78 is 10.9. The first-order valence-corrected chi connectivity index (χ1v) is 11.1. The van der Waals surface area contributed by atoms with Gasteiger partial charge in [0.25, 0.3) is 0 Å². The Morgan fingerprint density at radius 3 is 2.35 bits per heavy atom. The van der Waals surface area contributed by atoms with Gasteiger partial charge in [0.2, 0.25) is 0 Å². The number of nitrogens with one attached hydrogen (secondary N) is 1. The van der Waals surface area contributed by atoms with Crippen molar-refractivity contribution in [3.8, 4) is 0 Å². The molecule has 2 aliphatic heterocycles. The number of carbonyl (C=O) groups excluding carboxylic acids is 2. The lowest BCUT2D eigenvalue weighted by atomic mass is 10.1. The molecule has 1 fully saturated rings. The molecule has 3 heterocycles. The Balaban J connectivity index is 1.58. The second-order valence-corrected chi connectivity index (χ2v) is 10.3. The minimum Gasteiger partial charge on any atom is -0.444 e. The zero-order chi connectivity index (χ0) is 22.8. The summed E-state index contributed by atoms with van der Waals surface area (Å²) >= 11 is 0. The molecule has 8 heteroatoms. The molecule has 8 nitrogen and oxygen atoms in total. The zero-order valence-electron chi connectivity index (χ0n) is 19.7. The van der Waals surface area contributed by atoms with E-state index in [0.717, 1.165) is 30.9 Å². The van der Waals surface area contributed by atoms with Crippen molar-refractivity contribution in [2.75, 3.05) is 31.1 Å². The van der Waals surface area contributed by atoms with E-state index in [1.165, 1.54) is 5.56 Å². The van der Waals surface area contributed by atoms with Crippen LogP contribution in [-0.4, -0.2) is 65.5 Å². The van der Waals surface area contributed by atoms with E-state index in [1.807, 2.05) is 47.6 Å². The summed E-state index contributed by atoms with van der Waals surface area (Å²) in [4.78, 5) is 33.3. The first-order chi connectivity index (χ1) is 14.4. The maximum atomic E-state index is 12.4. The van der Waals surface area contributed by atoms with E-state index in [1.54, 1.807) is 4.90 Å². The van der Waals surface area contributed by atoms with Crippen molar-refractivity contribution in [2.45, 2.75) is 78.0 Å². The molecule has 0 aliphatic carbocycles. The van der Waals surface area contributed by atoms with Crippen molar-refractivity contribution in [1.82, 2.24) is 15.2 Å². The Hall–Kier alpha value is -2.51. The number of anilines is 1. The number of nitrogens with zero attached hydrogens (tertiary/aromatic N) is 3. The molecule has 1 aromatic heterocycles. The average molecular weight is 433 g/mol. The largest absolute Gasteiger partial charge is 0.444 e. The third kappa shape index (κ3) is 6.74. The van der Waals surface area contributed by atoms with Gasteiger partial charge in [-0.1, -0.05) is 6.07 Å². The van der Waals surface area contributed by atoms with Gasteiger partial charge in [0.1, 0.15) is 17.0 Å². The standard InChI is InChI=1S/C23H36N4O4/c1-22(2,3)30-20(28)24-17-10-13-27(15-17)19-8-7-16-9-12-26(14-11-18(16)25-19)21(29)31-23(4,5)6/h7-8,17H,9-15H2,1-6H3,(H,24,28). The summed E-state index contributed by atoms with van der Waals surface area (Å²) in [5.74, 6) is 0.915. The molecular weight excluding hydrogens is 396 g/mol. The van der Waals surface area contributed by atoms with E-state index >= 15 is 0 Å². The summed E-state index contributed by atoms with van der Waals surface area (Å²) in [7, 11) is 0. The van der Waals surface area contributed by atoms with Crippen molar-refractivity contribution in [2.24, 2.45) is 0 Å². The first kappa shape index (κ1) is 23.2. The molecular formula is C23H36N4O4. The normalized spacial score (nSPS) is 19.5. The van der Waals surface area contributed by atoms with Crippen LogP contribution in [0.1, 0.15) is 59.2 Å². The molecule has 1 N–H and O–H groups in total. The molecule has 172 valence electrons. The van der Waals surface area contributed by atoms with Crippen molar-refractivity contribution >= 4 is 18.0 Å². The highest BCUT2D eigenvalue weighted by molar-refractivity contribution is 5.69. The Morgan fingerprint density at radius 1 is 1.00 bits per heavy atom. The number of ether oxygens (including phenoxy) is 2. The zero-order valence-corrected chi connectivity index (χ0v) is 19.7. The summed E-state index contributed by atoms with van der Waals surface area (Å²) in [6.45, 7) is 14.0. The van der Waals surface area contributed by atoms with Crippen molar-refractivity contribution < 1.29 is 19.1 Å². The van der Waals surface area contributed by atoms with Crippen LogP contribution in [0, 0.1) is 0 Å². The number of fused-ring (bicyclic) bond motifs is 1. The van der Waals surface area contributed by atoms with Gasteiger partial charge in [-0.2, -0.15) is 0 Å². The molecule has 1 aromatic rings. The van der Waals surface area contributed by atoms with Gasteiger partial charge >= 0.3 is 12.2 Å². The van der Waals surface area contributed by atoms with Gasteiger partial charge in [-0.25, -0.2) is 14.6 Å². The van der Waals surface area contributed by atoms with Crippen LogP contribution in [0.15, 0.2) is 12.1 Å². The third-order valence-electron chi connectivity index (χ3n) is 5.21. The van der Waals surface area contributed by atoms with Gasteiger partial charge in [0, 0.05) is 38.3 Å². The van der Waals surface area contributed by atoms with Crippen LogP contribution in [0.3, 0.4) is 0 Å². The lowest BCUT2D eigenvalue weighted by molar-refractivity contribution is 0.0258. The Labute approximate surface area is 185 Å². The van der Waals surface area contributed by atoms with E-state index < -0.39 is 11.2 Å². The fraction of sp³-hybridized carbons (Fsp3) is 0.696. The lowest BCUT2D eigenvalue weighted by Gasteiger charge is -2.26. The van der Waals surface area contributed by atoms with E-state index in [-0.39, 0.29) is 18.2 Å². The molecule has 2 aliphatic rings. The highest BCUT2D eigenvalue weighted by Crippen LogP contribution is 2.23. The molecule has 0 radical (unpaired) electrons. The second-order valence-electron chi connectivity index (χ2n) is 10.3. The minimum atomic E-state index is -0.506. The maximum Gasteiger partial charge on any atom is 0.410 e. The van der Waals surface area contributed by atoms with Crippen LogP contribution in [-0.2, 0) is 22.3 Å². The first-order valence-electron chi connectivity index (χ1n) is 11.1. The number of pyridine rings is 1. The van der Waals surface area contributed by atoms with Crippen LogP contribution < -0.4 is 10.2 Å². The molecule has 0 spiro atoms. The van der Waals surface area contributed by atoms with E-state index in [0.29, 0.717) is 26.1 Å². The van der Waals surface area contributed by atoms with Gasteiger partial charge in [-0.05, 0) is 66.0 Å². The second kappa shape index (κ2) is 8.93. The summed E-state index contributed by atoms with van der Waals surface area (Å²) in [6, 6.07) is 4.20. The molecule has 31 heavy (non-hydrogen) atoms. The molecule has 1 atom stereocenters. The highest BCUT2D eigenvalue weighted by Gasteiger charge is 2.28. The number of rotatable bonds is 2. The Bertz CT molecular complexity index is 813. The summed E-state index contributed by atoms with van der Waals surface area (Å²) in [5, 5.41) is 2.96. The molecule has 3 rings (SSSR count). The number of aromatic nitrogens is 1. The smallest absolute Gasteiger partial charge is 0.410 e. The molecule has 0 aromatic carbocycles. The van der Waals surface area contributed by atoms with Crippen LogP contribution in [0.5, 0.6) is 0 Å². The summed E-state index contributed by atoms with van der Waals surface area (Å²) in [5.41, 5.74) is 1.21. The molecule has 1 saturated heterocycles. The quantitative estimate of drug-likeness (QED) is 0.770. The molecule has 2 amide bonds. The van der Waals surface area contributed by atoms with Crippen molar-refractivity contribution in [3.05, 3.63) is 23.4 Å². The topological polar surface area (TPSA) is 84.0 Å². The number of hydrogen-bond acceptors (Lipinski definition) is 6. The molecule has 1 unspecified atom stereocenters. The molecule has 0 saturated carbocycles. The van der Waals surface area contributed by atoms with Gasteiger partial charge in [-0.15, -0.1) is 0 Å². The molecule has 0 bridgehead atoms. The third-order valence-corrected chi connectivity index (χ3v) is 5.21. The van der Waals surface area contributed by atoms with E-state index in [2.05, 4.69) is 16.3 Å². The van der Waals surface area contributed by atoms with Gasteiger partial charge in [-0.3, -0.25) is 0 Å². The highest BCUT2D eigenvalue weighted by atomic mass is 16.6. The van der Waals surface area contributed by atoms with Crippen LogP contribution in [0.2, 0.25) is 0 Å². The monoisotopic (exact) mass is 432 g/mol. The average Bonchev–Trinajstić information content (AvgIpc) is 2.96. The van der Waals surface area contributed by atoms with Gasteiger partial charge < -0.3 is 24.6 Å². The number of amides is 2. The predicted octanol–water partition coefficient (Wildman–Crippen LogP) is 3.52. The van der Waals surface area contributed by atoms with E-state index in [4.69, 9.17) is 14.5 Å². The Morgan fingerprint density at radius 2 is 1.68 bits per heavy atom. The minimum absolute atomic E-state index is 0.0399. The van der Waals surface area contributed by atoms with Crippen molar-refractivity contribution in [3.63, 3.8) is 0 Å². The number of hydrogen-bond donors (Lipinski definition) is 1. The maximum absolute atomic E-state index is 12.4. The fourth-order valence-electron chi connectivity index (χ4n) is 3.82. The van der Waals surface area contributed by atoms with Gasteiger partial charge in [0.05, 0.1) is 6.04 Å².